The number of nitrogen functional groups attached to an aromatic ring is 1. The van der Waals surface area contributed by atoms with Gasteiger partial charge in [0.1, 0.15) is 5.75 Å². The minimum Gasteiger partial charge on any atom is -0.439 e. The molecule has 2 rings (SSSR count). The molecule has 0 aliphatic heterocycles. The molecule has 17 heavy (non-hydrogen) atoms. The first-order valence-corrected chi connectivity index (χ1v) is 5.53. The molecule has 3 heteroatoms. The highest BCUT2D eigenvalue weighted by atomic mass is 16.5. The lowest BCUT2D eigenvalue weighted by atomic mass is 10.1. The van der Waals surface area contributed by atoms with Crippen molar-refractivity contribution in [3.8, 4) is 11.6 Å². The van der Waals surface area contributed by atoms with Gasteiger partial charge in [-0.1, -0.05) is 0 Å². The SMILES string of the molecule is Cc1ccnc(Oc2cc(C)c(N)cc2C)c1. The van der Waals surface area contributed by atoms with Crippen molar-refractivity contribution in [2.24, 2.45) is 0 Å². The van der Waals surface area contributed by atoms with Gasteiger partial charge < -0.3 is 10.5 Å². The van der Waals surface area contributed by atoms with Crippen molar-refractivity contribution in [3.05, 3.63) is 47.2 Å². The lowest BCUT2D eigenvalue weighted by Crippen LogP contribution is -1.95. The van der Waals surface area contributed by atoms with Crippen LogP contribution in [-0.2, 0) is 0 Å². The van der Waals surface area contributed by atoms with Crippen molar-refractivity contribution in [3.63, 3.8) is 0 Å². The van der Waals surface area contributed by atoms with E-state index in [0.717, 1.165) is 28.1 Å². The van der Waals surface area contributed by atoms with Crippen molar-refractivity contribution in [1.82, 2.24) is 4.98 Å². The van der Waals surface area contributed by atoms with Crippen LogP contribution in [0.15, 0.2) is 30.5 Å². The number of nitrogens with zero attached hydrogens (tertiary/aromatic N) is 1. The second kappa shape index (κ2) is 4.45. The molecule has 0 aliphatic carbocycles. The lowest BCUT2D eigenvalue weighted by molar-refractivity contribution is 0.459. The molecule has 1 aromatic heterocycles. The fourth-order valence-corrected chi connectivity index (χ4v) is 1.60. The number of hydrogen-bond acceptors (Lipinski definition) is 3. The Morgan fingerprint density at radius 2 is 1.82 bits per heavy atom. The Kier molecular flexibility index (Phi) is 3.00. The van der Waals surface area contributed by atoms with E-state index in [-0.39, 0.29) is 0 Å². The quantitative estimate of drug-likeness (QED) is 0.801. The molecular weight excluding hydrogens is 212 g/mol. The van der Waals surface area contributed by atoms with Gasteiger partial charge in [0.15, 0.2) is 0 Å². The van der Waals surface area contributed by atoms with Gasteiger partial charge in [0.2, 0.25) is 5.88 Å². The van der Waals surface area contributed by atoms with Gasteiger partial charge in [0.25, 0.3) is 0 Å². The molecular formula is C14H16N2O. The molecule has 0 saturated carbocycles. The Hall–Kier alpha value is -2.03. The van der Waals surface area contributed by atoms with E-state index in [4.69, 9.17) is 10.5 Å². The maximum absolute atomic E-state index is 5.84. The summed E-state index contributed by atoms with van der Waals surface area (Å²) >= 11 is 0. The average molecular weight is 228 g/mol. The first kappa shape index (κ1) is 11.5. The van der Waals surface area contributed by atoms with Crippen molar-refractivity contribution < 1.29 is 4.74 Å². The molecule has 0 bridgehead atoms. The topological polar surface area (TPSA) is 48.1 Å². The summed E-state index contributed by atoms with van der Waals surface area (Å²) in [5, 5.41) is 0. The number of benzene rings is 1. The summed E-state index contributed by atoms with van der Waals surface area (Å²) in [4.78, 5) is 4.17. The molecule has 1 aromatic carbocycles. The largest absolute Gasteiger partial charge is 0.439 e. The predicted molar refractivity (Wildman–Crippen MR) is 69.4 cm³/mol. The van der Waals surface area contributed by atoms with Gasteiger partial charge in [0, 0.05) is 18.0 Å². The van der Waals surface area contributed by atoms with Crippen LogP contribution >= 0.6 is 0 Å². The van der Waals surface area contributed by atoms with Gasteiger partial charge in [0.05, 0.1) is 0 Å². The summed E-state index contributed by atoms with van der Waals surface area (Å²) in [6.45, 7) is 5.95. The highest BCUT2D eigenvalue weighted by molar-refractivity contribution is 5.54. The Bertz CT molecular complexity index is 550. The number of hydrogen-bond donors (Lipinski definition) is 1. The standard InChI is InChI=1S/C14H16N2O/c1-9-4-5-16-14(6-9)17-13-8-10(2)12(15)7-11(13)3/h4-8H,15H2,1-3H3. The summed E-state index contributed by atoms with van der Waals surface area (Å²) in [6.07, 6.45) is 1.74. The smallest absolute Gasteiger partial charge is 0.219 e. The van der Waals surface area contributed by atoms with E-state index in [1.54, 1.807) is 6.20 Å². The molecule has 0 atom stereocenters. The van der Waals surface area contributed by atoms with E-state index in [1.165, 1.54) is 0 Å². The Morgan fingerprint density at radius 3 is 2.53 bits per heavy atom. The van der Waals surface area contributed by atoms with Crippen LogP contribution in [0.3, 0.4) is 0 Å². The molecule has 1 heterocycles. The van der Waals surface area contributed by atoms with Gasteiger partial charge in [-0.2, -0.15) is 0 Å². The second-order valence-corrected chi connectivity index (χ2v) is 4.25. The van der Waals surface area contributed by atoms with Crippen LogP contribution in [0.25, 0.3) is 0 Å². The summed E-state index contributed by atoms with van der Waals surface area (Å²) < 4.78 is 5.76. The minimum absolute atomic E-state index is 0.609. The molecule has 0 unspecified atom stereocenters. The molecule has 2 aromatic rings. The Morgan fingerprint density at radius 1 is 1.06 bits per heavy atom. The number of anilines is 1. The number of aryl methyl sites for hydroxylation is 3. The molecule has 88 valence electrons. The van der Waals surface area contributed by atoms with E-state index in [1.807, 2.05) is 45.0 Å². The molecule has 0 amide bonds. The third-order valence-corrected chi connectivity index (χ3v) is 2.67. The molecule has 0 aliphatic rings. The third-order valence-electron chi connectivity index (χ3n) is 2.67. The fraction of sp³-hybridized carbons (Fsp3) is 0.214. The molecule has 0 fully saturated rings. The van der Waals surface area contributed by atoms with Crippen LogP contribution < -0.4 is 10.5 Å². The van der Waals surface area contributed by atoms with Gasteiger partial charge in [-0.25, -0.2) is 4.98 Å². The van der Waals surface area contributed by atoms with Gasteiger partial charge in [-0.05, 0) is 55.7 Å². The van der Waals surface area contributed by atoms with Crippen LogP contribution in [-0.4, -0.2) is 4.98 Å². The number of ether oxygens (including phenoxy) is 1. The summed E-state index contributed by atoms with van der Waals surface area (Å²) in [5.41, 5.74) is 9.77. The summed E-state index contributed by atoms with van der Waals surface area (Å²) in [5.74, 6) is 1.41. The van der Waals surface area contributed by atoms with Crippen LogP contribution in [0.2, 0.25) is 0 Å². The zero-order chi connectivity index (χ0) is 12.4. The van der Waals surface area contributed by atoms with E-state index in [0.29, 0.717) is 5.88 Å². The van der Waals surface area contributed by atoms with E-state index in [9.17, 15) is 0 Å². The minimum atomic E-state index is 0.609. The average Bonchev–Trinajstić information content (AvgIpc) is 2.26. The molecule has 0 radical (unpaired) electrons. The first-order chi connectivity index (χ1) is 8.06. The maximum Gasteiger partial charge on any atom is 0.219 e. The van der Waals surface area contributed by atoms with Gasteiger partial charge in [-0.15, -0.1) is 0 Å². The molecule has 2 N–H and O–H groups in total. The lowest BCUT2D eigenvalue weighted by Gasteiger charge is -2.10. The Labute approximate surface area is 101 Å². The van der Waals surface area contributed by atoms with Crippen LogP contribution in [0.1, 0.15) is 16.7 Å². The maximum atomic E-state index is 5.84. The summed E-state index contributed by atoms with van der Waals surface area (Å²) in [6, 6.07) is 7.70. The van der Waals surface area contributed by atoms with E-state index >= 15 is 0 Å². The highest BCUT2D eigenvalue weighted by Crippen LogP contribution is 2.28. The number of rotatable bonds is 2. The molecule has 0 saturated heterocycles. The first-order valence-electron chi connectivity index (χ1n) is 5.53. The fourth-order valence-electron chi connectivity index (χ4n) is 1.60. The monoisotopic (exact) mass is 228 g/mol. The highest BCUT2D eigenvalue weighted by Gasteiger charge is 2.05. The zero-order valence-corrected chi connectivity index (χ0v) is 10.3. The van der Waals surface area contributed by atoms with E-state index in [2.05, 4.69) is 4.98 Å². The second-order valence-electron chi connectivity index (χ2n) is 4.25. The van der Waals surface area contributed by atoms with Crippen LogP contribution in [0, 0.1) is 20.8 Å². The molecule has 3 nitrogen and oxygen atoms in total. The van der Waals surface area contributed by atoms with Crippen LogP contribution in [0.5, 0.6) is 11.6 Å². The normalized spacial score (nSPS) is 10.3. The number of pyridine rings is 1. The predicted octanol–water partition coefficient (Wildman–Crippen LogP) is 3.38. The number of aromatic nitrogens is 1. The van der Waals surface area contributed by atoms with E-state index < -0.39 is 0 Å². The van der Waals surface area contributed by atoms with Crippen LogP contribution in [0.4, 0.5) is 5.69 Å². The van der Waals surface area contributed by atoms with Crippen molar-refractivity contribution in [1.29, 1.82) is 0 Å². The number of nitrogens with two attached hydrogens (primary N) is 1. The van der Waals surface area contributed by atoms with Crippen molar-refractivity contribution >= 4 is 5.69 Å². The third kappa shape index (κ3) is 2.56. The Balaban J connectivity index is 2.33. The zero-order valence-electron chi connectivity index (χ0n) is 10.3. The molecule has 0 spiro atoms. The van der Waals surface area contributed by atoms with Gasteiger partial charge in [-0.3, -0.25) is 0 Å². The van der Waals surface area contributed by atoms with Gasteiger partial charge >= 0.3 is 0 Å². The van der Waals surface area contributed by atoms with Crippen molar-refractivity contribution in [2.45, 2.75) is 20.8 Å². The van der Waals surface area contributed by atoms with Crippen molar-refractivity contribution in [2.75, 3.05) is 5.73 Å². The summed E-state index contributed by atoms with van der Waals surface area (Å²) in [7, 11) is 0.